The van der Waals surface area contributed by atoms with Crippen LogP contribution in [0.3, 0.4) is 0 Å². The molecule has 0 fully saturated rings. The molecule has 1 aromatic heterocycles. The topological polar surface area (TPSA) is 50.0 Å². The number of nitriles is 1. The van der Waals surface area contributed by atoms with Gasteiger partial charge in [0.2, 0.25) is 0 Å². The highest BCUT2D eigenvalue weighted by molar-refractivity contribution is 5.31. The number of ether oxygens (including phenoxy) is 1. The Hall–Kier alpha value is -2.25. The Morgan fingerprint density at radius 1 is 1.40 bits per heavy atom. The molecule has 0 radical (unpaired) electrons. The summed E-state index contributed by atoms with van der Waals surface area (Å²) in [5.74, 6) is 0.864. The van der Waals surface area contributed by atoms with Gasteiger partial charge in [0.15, 0.2) is 0 Å². The molecule has 1 aromatic carbocycles. The van der Waals surface area contributed by atoms with E-state index in [0.29, 0.717) is 5.69 Å². The summed E-state index contributed by atoms with van der Waals surface area (Å²) in [6, 6.07) is 12.3. The van der Waals surface area contributed by atoms with Gasteiger partial charge in [-0.15, -0.1) is 0 Å². The van der Waals surface area contributed by atoms with Gasteiger partial charge in [0.1, 0.15) is 17.5 Å². The molecule has 0 aliphatic carbocycles. The zero-order valence-electron chi connectivity index (χ0n) is 12.1. The first-order valence-electron chi connectivity index (χ1n) is 6.56. The van der Waals surface area contributed by atoms with Crippen molar-refractivity contribution in [1.82, 2.24) is 9.88 Å². The first kappa shape index (κ1) is 14.2. The highest BCUT2D eigenvalue weighted by Crippen LogP contribution is 2.19. The molecule has 1 N–H and O–H groups in total. The van der Waals surface area contributed by atoms with Crippen molar-refractivity contribution in [2.75, 3.05) is 7.11 Å². The first-order valence-corrected chi connectivity index (χ1v) is 6.56. The fourth-order valence-corrected chi connectivity index (χ4v) is 2.14. The van der Waals surface area contributed by atoms with E-state index in [-0.39, 0.29) is 6.04 Å². The predicted molar refractivity (Wildman–Crippen MR) is 78.4 cm³/mol. The summed E-state index contributed by atoms with van der Waals surface area (Å²) in [6.45, 7) is 2.84. The second-order valence-electron chi connectivity index (χ2n) is 4.84. The minimum Gasteiger partial charge on any atom is -0.497 e. The SMILES string of the molecule is COc1cccc([C@H](C)NCc2cc(C#N)n(C)c2)c1. The largest absolute Gasteiger partial charge is 0.497 e. The number of aryl methyl sites for hydroxylation is 1. The lowest BCUT2D eigenvalue weighted by molar-refractivity contribution is 0.413. The molecule has 0 aliphatic heterocycles. The second kappa shape index (κ2) is 6.27. The lowest BCUT2D eigenvalue weighted by atomic mass is 10.1. The van der Waals surface area contributed by atoms with Crippen molar-refractivity contribution < 1.29 is 4.74 Å². The van der Waals surface area contributed by atoms with Gasteiger partial charge in [-0.25, -0.2) is 0 Å². The molecule has 0 saturated carbocycles. The van der Waals surface area contributed by atoms with E-state index < -0.39 is 0 Å². The van der Waals surface area contributed by atoms with E-state index in [0.717, 1.165) is 17.9 Å². The van der Waals surface area contributed by atoms with Gasteiger partial charge in [-0.1, -0.05) is 12.1 Å². The molecule has 0 aliphatic rings. The fraction of sp³-hybridized carbons (Fsp3) is 0.312. The molecule has 1 atom stereocenters. The van der Waals surface area contributed by atoms with E-state index in [1.807, 2.05) is 42.1 Å². The molecule has 0 spiro atoms. The minimum atomic E-state index is 0.218. The molecule has 1 heterocycles. The molecular weight excluding hydrogens is 250 g/mol. The Bertz CT molecular complexity index is 625. The highest BCUT2D eigenvalue weighted by Gasteiger charge is 2.07. The van der Waals surface area contributed by atoms with Gasteiger partial charge in [-0.05, 0) is 36.2 Å². The number of hydrogen-bond acceptors (Lipinski definition) is 3. The Labute approximate surface area is 119 Å². The van der Waals surface area contributed by atoms with Crippen LogP contribution in [0, 0.1) is 11.3 Å². The molecule has 0 bridgehead atoms. The summed E-state index contributed by atoms with van der Waals surface area (Å²) in [7, 11) is 3.55. The van der Waals surface area contributed by atoms with E-state index in [1.165, 1.54) is 5.56 Å². The number of nitrogens with zero attached hydrogens (tertiary/aromatic N) is 2. The van der Waals surface area contributed by atoms with Crippen LogP contribution in [0.4, 0.5) is 0 Å². The third-order valence-corrected chi connectivity index (χ3v) is 3.38. The van der Waals surface area contributed by atoms with Crippen LogP contribution >= 0.6 is 0 Å². The molecule has 0 amide bonds. The van der Waals surface area contributed by atoms with Gasteiger partial charge in [-0.2, -0.15) is 5.26 Å². The molecule has 0 saturated heterocycles. The number of nitrogens with one attached hydrogen (secondary N) is 1. The van der Waals surface area contributed by atoms with Gasteiger partial charge >= 0.3 is 0 Å². The summed E-state index contributed by atoms with van der Waals surface area (Å²) < 4.78 is 7.07. The quantitative estimate of drug-likeness (QED) is 0.908. The zero-order chi connectivity index (χ0) is 14.5. The zero-order valence-corrected chi connectivity index (χ0v) is 12.1. The maximum absolute atomic E-state index is 8.94. The van der Waals surface area contributed by atoms with Crippen molar-refractivity contribution in [3.63, 3.8) is 0 Å². The number of hydrogen-bond donors (Lipinski definition) is 1. The predicted octanol–water partition coefficient (Wildman–Crippen LogP) is 2.76. The van der Waals surface area contributed by atoms with E-state index in [2.05, 4.69) is 24.4 Å². The van der Waals surface area contributed by atoms with Crippen LogP contribution in [0.25, 0.3) is 0 Å². The van der Waals surface area contributed by atoms with E-state index in [9.17, 15) is 0 Å². The number of benzene rings is 1. The van der Waals surface area contributed by atoms with Gasteiger partial charge < -0.3 is 14.6 Å². The van der Waals surface area contributed by atoms with Crippen LogP contribution in [0.5, 0.6) is 5.75 Å². The van der Waals surface area contributed by atoms with Gasteiger partial charge in [0, 0.05) is 25.8 Å². The first-order chi connectivity index (χ1) is 9.63. The Morgan fingerprint density at radius 2 is 2.20 bits per heavy atom. The van der Waals surface area contributed by atoms with Crippen LogP contribution in [-0.2, 0) is 13.6 Å². The second-order valence-corrected chi connectivity index (χ2v) is 4.84. The standard InChI is InChI=1S/C16H19N3O/c1-12(14-5-4-6-16(8-14)20-3)18-10-13-7-15(9-17)19(2)11-13/h4-8,11-12,18H,10H2,1-3H3/t12-/m0/s1. The summed E-state index contributed by atoms with van der Waals surface area (Å²) in [5, 5.41) is 12.4. The third kappa shape index (κ3) is 3.19. The maximum Gasteiger partial charge on any atom is 0.120 e. The molecule has 0 unspecified atom stereocenters. The van der Waals surface area contributed by atoms with E-state index in [1.54, 1.807) is 7.11 Å². The number of aromatic nitrogens is 1. The Balaban J connectivity index is 2.00. The minimum absolute atomic E-state index is 0.218. The molecular formula is C16H19N3O. The third-order valence-electron chi connectivity index (χ3n) is 3.38. The molecule has 104 valence electrons. The highest BCUT2D eigenvalue weighted by atomic mass is 16.5. The van der Waals surface area contributed by atoms with Crippen molar-refractivity contribution in [3.05, 3.63) is 53.3 Å². The lowest BCUT2D eigenvalue weighted by Gasteiger charge is -2.14. The average Bonchev–Trinajstić information content (AvgIpc) is 2.85. The molecule has 4 heteroatoms. The summed E-state index contributed by atoms with van der Waals surface area (Å²) in [4.78, 5) is 0. The number of methoxy groups -OCH3 is 1. The van der Waals surface area contributed by atoms with Crippen LogP contribution in [-0.4, -0.2) is 11.7 Å². The normalized spacial score (nSPS) is 11.9. The molecule has 20 heavy (non-hydrogen) atoms. The summed E-state index contributed by atoms with van der Waals surface area (Å²) in [6.07, 6.45) is 1.98. The van der Waals surface area contributed by atoms with Crippen LogP contribution in [0.1, 0.15) is 29.8 Å². The van der Waals surface area contributed by atoms with Crippen LogP contribution in [0.2, 0.25) is 0 Å². The monoisotopic (exact) mass is 269 g/mol. The van der Waals surface area contributed by atoms with Gasteiger partial charge in [0.05, 0.1) is 7.11 Å². The van der Waals surface area contributed by atoms with E-state index in [4.69, 9.17) is 10.00 Å². The van der Waals surface area contributed by atoms with Crippen molar-refractivity contribution in [2.24, 2.45) is 7.05 Å². The molecule has 2 aromatic rings. The molecule has 4 nitrogen and oxygen atoms in total. The maximum atomic E-state index is 8.94. The Morgan fingerprint density at radius 3 is 2.85 bits per heavy atom. The van der Waals surface area contributed by atoms with Crippen molar-refractivity contribution in [1.29, 1.82) is 5.26 Å². The van der Waals surface area contributed by atoms with Crippen molar-refractivity contribution in [3.8, 4) is 11.8 Å². The lowest BCUT2D eigenvalue weighted by Crippen LogP contribution is -2.17. The van der Waals surface area contributed by atoms with Crippen molar-refractivity contribution >= 4 is 0 Å². The fourth-order valence-electron chi connectivity index (χ4n) is 2.14. The summed E-state index contributed by atoms with van der Waals surface area (Å²) >= 11 is 0. The number of rotatable bonds is 5. The summed E-state index contributed by atoms with van der Waals surface area (Å²) in [5.41, 5.74) is 2.97. The van der Waals surface area contributed by atoms with Gasteiger partial charge in [-0.3, -0.25) is 0 Å². The smallest absolute Gasteiger partial charge is 0.120 e. The Kier molecular flexibility index (Phi) is 4.44. The van der Waals surface area contributed by atoms with Crippen LogP contribution < -0.4 is 10.1 Å². The van der Waals surface area contributed by atoms with Gasteiger partial charge in [0.25, 0.3) is 0 Å². The van der Waals surface area contributed by atoms with Crippen molar-refractivity contribution in [2.45, 2.75) is 19.5 Å². The van der Waals surface area contributed by atoms with E-state index >= 15 is 0 Å². The van der Waals surface area contributed by atoms with Crippen LogP contribution in [0.15, 0.2) is 36.5 Å². The average molecular weight is 269 g/mol. The molecule has 2 rings (SSSR count).